The minimum absolute atomic E-state index is 0.0607. The summed E-state index contributed by atoms with van der Waals surface area (Å²) in [6.45, 7) is 3.29. The van der Waals surface area contributed by atoms with Crippen LogP contribution in [0.5, 0.6) is 0 Å². The Labute approximate surface area is 121 Å². The van der Waals surface area contributed by atoms with Crippen molar-refractivity contribution < 1.29 is 23.1 Å². The fourth-order valence-electron chi connectivity index (χ4n) is 1.97. The van der Waals surface area contributed by atoms with Crippen molar-refractivity contribution in [2.45, 2.75) is 26.1 Å². The Bertz CT molecular complexity index is 501. The molecule has 0 aromatic heterocycles. The van der Waals surface area contributed by atoms with Crippen LogP contribution in [-0.2, 0) is 6.18 Å². The number of rotatable bonds is 5. The Morgan fingerprint density at radius 3 is 2.43 bits per heavy atom. The molecule has 0 spiro atoms. The zero-order valence-corrected chi connectivity index (χ0v) is 12.2. The van der Waals surface area contributed by atoms with Crippen molar-refractivity contribution in [1.82, 2.24) is 4.90 Å². The highest BCUT2D eigenvalue weighted by atomic mass is 19.4. The zero-order chi connectivity index (χ0) is 16.2. The number of alkyl halides is 3. The number of nitrogens with one attached hydrogen (secondary N) is 1. The van der Waals surface area contributed by atoms with Crippen molar-refractivity contribution in [3.63, 3.8) is 0 Å². The Morgan fingerprint density at radius 1 is 1.38 bits per heavy atom. The van der Waals surface area contributed by atoms with E-state index in [2.05, 4.69) is 5.32 Å². The van der Waals surface area contributed by atoms with Crippen LogP contribution in [0.1, 0.15) is 29.8 Å². The smallest absolute Gasteiger partial charge is 0.395 e. The first-order valence-electron chi connectivity index (χ1n) is 6.53. The monoisotopic (exact) mass is 304 g/mol. The van der Waals surface area contributed by atoms with Gasteiger partial charge in [0.2, 0.25) is 0 Å². The van der Waals surface area contributed by atoms with Gasteiger partial charge >= 0.3 is 6.18 Å². The lowest BCUT2D eigenvalue weighted by Gasteiger charge is -2.27. The molecule has 0 atom stereocenters. The number of halogens is 3. The normalized spacial score (nSPS) is 11.6. The predicted octanol–water partition coefficient (Wildman–Crippen LogP) is 2.59. The van der Waals surface area contributed by atoms with Gasteiger partial charge in [-0.25, -0.2) is 0 Å². The first kappa shape index (κ1) is 17.3. The van der Waals surface area contributed by atoms with Crippen LogP contribution in [0.3, 0.4) is 0 Å². The van der Waals surface area contributed by atoms with Gasteiger partial charge in [0.05, 0.1) is 17.7 Å². The molecule has 0 aliphatic carbocycles. The van der Waals surface area contributed by atoms with Crippen LogP contribution in [0.2, 0.25) is 0 Å². The molecule has 0 aliphatic heterocycles. The number of hydrogen-bond donors (Lipinski definition) is 2. The van der Waals surface area contributed by atoms with Crippen molar-refractivity contribution >= 4 is 11.6 Å². The molecular formula is C14H19F3N2O2. The highest BCUT2D eigenvalue weighted by molar-refractivity contribution is 6.00. The third-order valence-corrected chi connectivity index (χ3v) is 3.07. The second-order valence-corrected chi connectivity index (χ2v) is 4.82. The van der Waals surface area contributed by atoms with E-state index in [0.717, 1.165) is 12.1 Å². The van der Waals surface area contributed by atoms with Crippen LogP contribution >= 0.6 is 0 Å². The molecule has 0 saturated carbocycles. The van der Waals surface area contributed by atoms with E-state index < -0.39 is 17.6 Å². The van der Waals surface area contributed by atoms with E-state index in [1.165, 1.54) is 18.0 Å². The van der Waals surface area contributed by atoms with Crippen LogP contribution < -0.4 is 5.32 Å². The number of hydrogen-bond acceptors (Lipinski definition) is 3. The lowest BCUT2D eigenvalue weighted by molar-refractivity contribution is -0.137. The SMILES string of the molecule is CNc1ccc(C(F)(F)F)cc1C(=O)N(CCO)C(C)C. The molecule has 7 heteroatoms. The molecular weight excluding hydrogens is 285 g/mol. The molecule has 2 N–H and O–H groups in total. The fraction of sp³-hybridized carbons (Fsp3) is 0.500. The van der Waals surface area contributed by atoms with Gasteiger partial charge in [-0.2, -0.15) is 13.2 Å². The second-order valence-electron chi connectivity index (χ2n) is 4.82. The number of nitrogens with zero attached hydrogens (tertiary/aromatic N) is 1. The van der Waals surface area contributed by atoms with E-state index >= 15 is 0 Å². The summed E-state index contributed by atoms with van der Waals surface area (Å²) in [5, 5.41) is 11.7. The number of anilines is 1. The molecule has 4 nitrogen and oxygen atoms in total. The summed E-state index contributed by atoms with van der Waals surface area (Å²) in [4.78, 5) is 13.8. The van der Waals surface area contributed by atoms with Crippen LogP contribution in [0, 0.1) is 0 Å². The molecule has 0 heterocycles. The topological polar surface area (TPSA) is 52.6 Å². The van der Waals surface area contributed by atoms with Crippen LogP contribution in [0.25, 0.3) is 0 Å². The lowest BCUT2D eigenvalue weighted by Crippen LogP contribution is -2.39. The maximum absolute atomic E-state index is 12.8. The van der Waals surface area contributed by atoms with E-state index in [-0.39, 0.29) is 24.8 Å². The summed E-state index contributed by atoms with van der Waals surface area (Å²) < 4.78 is 38.4. The third-order valence-electron chi connectivity index (χ3n) is 3.07. The van der Waals surface area contributed by atoms with E-state index in [1.54, 1.807) is 13.8 Å². The van der Waals surface area contributed by atoms with Crippen molar-refractivity contribution in [1.29, 1.82) is 0 Å². The van der Waals surface area contributed by atoms with Gasteiger partial charge in [0.15, 0.2) is 0 Å². The molecule has 1 rings (SSSR count). The van der Waals surface area contributed by atoms with Crippen molar-refractivity contribution in [3.8, 4) is 0 Å². The lowest BCUT2D eigenvalue weighted by atomic mass is 10.1. The molecule has 0 unspecified atom stereocenters. The summed E-state index contributed by atoms with van der Waals surface area (Å²) in [5.41, 5.74) is -0.622. The quantitative estimate of drug-likeness (QED) is 0.879. The summed E-state index contributed by atoms with van der Waals surface area (Å²) >= 11 is 0. The summed E-state index contributed by atoms with van der Waals surface area (Å²) in [6.07, 6.45) is -4.51. The van der Waals surface area contributed by atoms with Gasteiger partial charge in [-0.05, 0) is 32.0 Å². The van der Waals surface area contributed by atoms with E-state index in [0.29, 0.717) is 5.69 Å². The van der Waals surface area contributed by atoms with Gasteiger partial charge in [0.25, 0.3) is 5.91 Å². The average Bonchev–Trinajstić information content (AvgIpc) is 2.42. The molecule has 1 aromatic rings. The minimum atomic E-state index is -4.51. The zero-order valence-electron chi connectivity index (χ0n) is 12.2. The van der Waals surface area contributed by atoms with Crippen LogP contribution in [0.15, 0.2) is 18.2 Å². The molecule has 0 fully saturated rings. The largest absolute Gasteiger partial charge is 0.416 e. The number of carbonyl (C=O) groups excluding carboxylic acids is 1. The van der Waals surface area contributed by atoms with Gasteiger partial charge in [-0.15, -0.1) is 0 Å². The highest BCUT2D eigenvalue weighted by Crippen LogP contribution is 2.32. The molecule has 0 radical (unpaired) electrons. The highest BCUT2D eigenvalue weighted by Gasteiger charge is 2.32. The van der Waals surface area contributed by atoms with E-state index in [1.807, 2.05) is 0 Å². The van der Waals surface area contributed by atoms with Gasteiger partial charge in [0, 0.05) is 25.3 Å². The van der Waals surface area contributed by atoms with E-state index in [9.17, 15) is 18.0 Å². The number of aliphatic hydroxyl groups is 1. The van der Waals surface area contributed by atoms with Crippen molar-refractivity contribution in [2.24, 2.45) is 0 Å². The Balaban J connectivity index is 3.28. The second kappa shape index (κ2) is 6.80. The molecule has 1 aromatic carbocycles. The van der Waals surface area contributed by atoms with Gasteiger partial charge in [-0.1, -0.05) is 0 Å². The van der Waals surface area contributed by atoms with E-state index in [4.69, 9.17) is 5.11 Å². The van der Waals surface area contributed by atoms with Crippen LogP contribution in [-0.4, -0.2) is 42.2 Å². The Hall–Kier alpha value is -1.76. The molecule has 118 valence electrons. The minimum Gasteiger partial charge on any atom is -0.395 e. The third kappa shape index (κ3) is 4.10. The number of carbonyl (C=O) groups is 1. The van der Waals surface area contributed by atoms with Gasteiger partial charge < -0.3 is 15.3 Å². The van der Waals surface area contributed by atoms with Gasteiger partial charge in [-0.3, -0.25) is 4.79 Å². The standard InChI is InChI=1S/C14H19F3N2O2/c1-9(2)19(6-7-20)13(21)11-8-10(14(15,16)17)4-5-12(11)18-3/h4-5,8-9,18,20H,6-7H2,1-3H3. The summed E-state index contributed by atoms with van der Waals surface area (Å²) in [6, 6.07) is 2.76. The van der Waals surface area contributed by atoms with Crippen molar-refractivity contribution in [3.05, 3.63) is 29.3 Å². The molecule has 0 bridgehead atoms. The molecule has 21 heavy (non-hydrogen) atoms. The molecule has 0 saturated heterocycles. The van der Waals surface area contributed by atoms with Crippen LogP contribution in [0.4, 0.5) is 18.9 Å². The van der Waals surface area contributed by atoms with Crippen molar-refractivity contribution in [2.75, 3.05) is 25.5 Å². The first-order chi connectivity index (χ1) is 9.72. The predicted molar refractivity (Wildman–Crippen MR) is 74.2 cm³/mol. The average molecular weight is 304 g/mol. The molecule has 1 amide bonds. The maximum Gasteiger partial charge on any atom is 0.416 e. The molecule has 0 aliphatic rings. The Kier molecular flexibility index (Phi) is 5.60. The van der Waals surface area contributed by atoms with Gasteiger partial charge in [0.1, 0.15) is 0 Å². The maximum atomic E-state index is 12.8. The summed E-state index contributed by atoms with van der Waals surface area (Å²) in [5.74, 6) is -0.547. The first-order valence-corrected chi connectivity index (χ1v) is 6.53. The number of amides is 1. The summed E-state index contributed by atoms with van der Waals surface area (Å²) in [7, 11) is 1.53. The Morgan fingerprint density at radius 2 is 2.00 bits per heavy atom. The fourth-order valence-corrected chi connectivity index (χ4v) is 1.97. The number of benzene rings is 1. The number of aliphatic hydroxyl groups excluding tert-OH is 1.